The minimum absolute atomic E-state index is 0.220. The zero-order valence-corrected chi connectivity index (χ0v) is 16.1. The number of H-pyrrole nitrogens is 1. The third-order valence-electron chi connectivity index (χ3n) is 4.99. The van der Waals surface area contributed by atoms with Crippen molar-refractivity contribution >= 4 is 17.7 Å². The molecule has 0 aliphatic heterocycles. The zero-order valence-electron chi connectivity index (χ0n) is 16.1. The summed E-state index contributed by atoms with van der Waals surface area (Å²) in [6.45, 7) is 3.76. The van der Waals surface area contributed by atoms with Crippen LogP contribution in [-0.2, 0) is 16.0 Å². The number of aromatic nitrogens is 4. The van der Waals surface area contributed by atoms with Crippen LogP contribution in [0.2, 0.25) is 0 Å². The first kappa shape index (κ1) is 19.8. The van der Waals surface area contributed by atoms with E-state index in [1.54, 1.807) is 13.0 Å². The molecule has 2 heterocycles. The van der Waals surface area contributed by atoms with Crippen LogP contribution < -0.4 is 10.9 Å². The summed E-state index contributed by atoms with van der Waals surface area (Å²) in [6, 6.07) is 3.12. The number of rotatable bonds is 6. The summed E-state index contributed by atoms with van der Waals surface area (Å²) in [4.78, 5) is 43.4. The van der Waals surface area contributed by atoms with Gasteiger partial charge in [0.05, 0.1) is 17.5 Å². The number of carbonyl (C=O) groups is 2. The lowest BCUT2D eigenvalue weighted by Gasteiger charge is -2.27. The number of nitrogens with one attached hydrogen (secondary N) is 2. The molecule has 1 amide bonds. The van der Waals surface area contributed by atoms with Gasteiger partial charge in [0, 0.05) is 17.8 Å². The van der Waals surface area contributed by atoms with E-state index in [2.05, 4.69) is 20.4 Å². The van der Waals surface area contributed by atoms with E-state index in [0.717, 1.165) is 19.3 Å². The highest BCUT2D eigenvalue weighted by Crippen LogP contribution is 2.31. The van der Waals surface area contributed by atoms with Crippen LogP contribution in [0.25, 0.3) is 5.95 Å². The topological polar surface area (TPSA) is 130 Å². The van der Waals surface area contributed by atoms with Gasteiger partial charge in [-0.25, -0.2) is 4.98 Å². The predicted molar refractivity (Wildman–Crippen MR) is 102 cm³/mol. The predicted octanol–water partition coefficient (Wildman–Crippen LogP) is 2.05. The maximum atomic E-state index is 12.8. The van der Waals surface area contributed by atoms with E-state index in [1.165, 1.54) is 10.7 Å². The van der Waals surface area contributed by atoms with E-state index in [4.69, 9.17) is 0 Å². The number of carboxylic acid groups (broad SMARTS) is 1. The first-order valence-corrected chi connectivity index (χ1v) is 9.60. The summed E-state index contributed by atoms with van der Waals surface area (Å²) in [5.74, 6) is -1.99. The highest BCUT2D eigenvalue weighted by atomic mass is 16.4. The Bertz CT molecular complexity index is 933. The van der Waals surface area contributed by atoms with Crippen LogP contribution in [0.5, 0.6) is 0 Å². The van der Waals surface area contributed by atoms with E-state index >= 15 is 0 Å². The maximum absolute atomic E-state index is 12.8. The summed E-state index contributed by atoms with van der Waals surface area (Å²) in [7, 11) is 0. The number of aromatic amines is 1. The van der Waals surface area contributed by atoms with Gasteiger partial charge in [-0.05, 0) is 26.2 Å². The van der Waals surface area contributed by atoms with Crippen LogP contribution in [0.4, 0.5) is 5.82 Å². The van der Waals surface area contributed by atoms with E-state index in [0.29, 0.717) is 36.5 Å². The molecular formula is C19H25N5O4. The summed E-state index contributed by atoms with van der Waals surface area (Å²) in [5.41, 5.74) is 0.985. The van der Waals surface area contributed by atoms with Gasteiger partial charge in [-0.3, -0.25) is 19.4 Å². The lowest BCUT2D eigenvalue weighted by molar-refractivity contribution is -0.147. The highest BCUT2D eigenvalue weighted by Gasteiger charge is 2.36. The van der Waals surface area contributed by atoms with Crippen molar-refractivity contribution in [2.45, 2.75) is 52.4 Å². The van der Waals surface area contributed by atoms with Gasteiger partial charge in [0.1, 0.15) is 5.82 Å². The first-order chi connectivity index (χ1) is 13.4. The fraction of sp³-hybridized carbons (Fsp3) is 0.526. The Morgan fingerprint density at radius 3 is 2.68 bits per heavy atom. The van der Waals surface area contributed by atoms with Crippen molar-refractivity contribution < 1.29 is 14.7 Å². The number of amides is 1. The molecule has 9 heteroatoms. The lowest BCUT2D eigenvalue weighted by atomic mass is 9.79. The number of hydrogen-bond acceptors (Lipinski definition) is 5. The smallest absolute Gasteiger partial charge is 0.307 e. The molecular weight excluding hydrogens is 362 g/mol. The molecule has 1 aliphatic carbocycles. The van der Waals surface area contributed by atoms with Crippen molar-refractivity contribution in [2.24, 2.45) is 11.8 Å². The standard InChI is InChI=1S/C19H25N5O4/c1-3-6-12-10-16(25)22-19(20-12)24-15(9-11(2)23-24)21-17(26)13-7-4-5-8-14(13)18(27)28/h9-10,13-14H,3-8H2,1-2H3,(H,21,26)(H,27,28)(H,20,22,25)/t13-,14+/m1/s1. The van der Waals surface area contributed by atoms with E-state index in [1.807, 2.05) is 6.92 Å². The molecule has 3 rings (SSSR count). The Balaban J connectivity index is 1.89. The number of aryl methyl sites for hydroxylation is 2. The summed E-state index contributed by atoms with van der Waals surface area (Å²) in [6.07, 6.45) is 4.18. The molecule has 2 aromatic heterocycles. The molecule has 2 atom stereocenters. The molecule has 0 saturated heterocycles. The molecule has 0 spiro atoms. The van der Waals surface area contributed by atoms with Gasteiger partial charge < -0.3 is 10.4 Å². The van der Waals surface area contributed by atoms with Crippen molar-refractivity contribution in [3.63, 3.8) is 0 Å². The van der Waals surface area contributed by atoms with Gasteiger partial charge in [-0.1, -0.05) is 26.2 Å². The van der Waals surface area contributed by atoms with Gasteiger partial charge >= 0.3 is 5.97 Å². The monoisotopic (exact) mass is 387 g/mol. The van der Waals surface area contributed by atoms with E-state index in [-0.39, 0.29) is 17.4 Å². The number of anilines is 1. The van der Waals surface area contributed by atoms with Crippen molar-refractivity contribution in [1.82, 2.24) is 19.7 Å². The maximum Gasteiger partial charge on any atom is 0.307 e. The second-order valence-corrected chi connectivity index (χ2v) is 7.22. The molecule has 9 nitrogen and oxygen atoms in total. The average molecular weight is 387 g/mol. The van der Waals surface area contributed by atoms with Gasteiger partial charge in [-0.15, -0.1) is 0 Å². The van der Waals surface area contributed by atoms with E-state index in [9.17, 15) is 19.5 Å². The fourth-order valence-corrected chi connectivity index (χ4v) is 3.69. The van der Waals surface area contributed by atoms with Crippen LogP contribution in [0.3, 0.4) is 0 Å². The molecule has 1 saturated carbocycles. The fourth-order valence-electron chi connectivity index (χ4n) is 3.69. The molecule has 0 aromatic carbocycles. The molecule has 28 heavy (non-hydrogen) atoms. The van der Waals surface area contributed by atoms with Crippen molar-refractivity contribution in [3.8, 4) is 5.95 Å². The van der Waals surface area contributed by atoms with Crippen molar-refractivity contribution in [2.75, 3.05) is 5.32 Å². The third kappa shape index (κ3) is 4.29. The van der Waals surface area contributed by atoms with Crippen LogP contribution in [0, 0.1) is 18.8 Å². The van der Waals surface area contributed by atoms with Gasteiger partial charge in [0.2, 0.25) is 11.9 Å². The van der Waals surface area contributed by atoms with Crippen LogP contribution >= 0.6 is 0 Å². The molecule has 150 valence electrons. The third-order valence-corrected chi connectivity index (χ3v) is 4.99. The lowest BCUT2D eigenvalue weighted by Crippen LogP contribution is -2.36. The molecule has 1 fully saturated rings. The summed E-state index contributed by atoms with van der Waals surface area (Å²) in [5, 5.41) is 16.5. The molecule has 0 bridgehead atoms. The average Bonchev–Trinajstić information content (AvgIpc) is 3.01. The largest absolute Gasteiger partial charge is 0.481 e. The number of nitrogens with zero attached hydrogens (tertiary/aromatic N) is 3. The Morgan fingerprint density at radius 1 is 1.29 bits per heavy atom. The Labute approximate surface area is 162 Å². The Kier molecular flexibility index (Phi) is 5.91. The summed E-state index contributed by atoms with van der Waals surface area (Å²) >= 11 is 0. The molecule has 2 aromatic rings. The second kappa shape index (κ2) is 8.37. The number of hydrogen-bond donors (Lipinski definition) is 3. The highest BCUT2D eigenvalue weighted by molar-refractivity contribution is 5.94. The number of carbonyl (C=O) groups excluding carboxylic acids is 1. The minimum atomic E-state index is -0.942. The summed E-state index contributed by atoms with van der Waals surface area (Å²) < 4.78 is 1.38. The Morgan fingerprint density at radius 2 is 2.00 bits per heavy atom. The van der Waals surface area contributed by atoms with Gasteiger partial charge in [-0.2, -0.15) is 9.78 Å². The van der Waals surface area contributed by atoms with Crippen molar-refractivity contribution in [3.05, 3.63) is 33.9 Å². The second-order valence-electron chi connectivity index (χ2n) is 7.22. The minimum Gasteiger partial charge on any atom is -0.481 e. The first-order valence-electron chi connectivity index (χ1n) is 9.60. The molecule has 0 unspecified atom stereocenters. The molecule has 3 N–H and O–H groups in total. The quantitative estimate of drug-likeness (QED) is 0.695. The van der Waals surface area contributed by atoms with Crippen LogP contribution in [0.1, 0.15) is 50.4 Å². The van der Waals surface area contributed by atoms with Gasteiger partial charge in [0.15, 0.2) is 0 Å². The number of aliphatic carboxylic acids is 1. The zero-order chi connectivity index (χ0) is 20.3. The van der Waals surface area contributed by atoms with Gasteiger partial charge in [0.25, 0.3) is 5.56 Å². The SMILES string of the molecule is CCCc1cc(=O)[nH]c(-n2nc(C)cc2NC(=O)[C@@H]2CCCC[C@@H]2C(=O)O)n1. The molecule has 0 radical (unpaired) electrons. The Hall–Kier alpha value is -2.97. The normalized spacial score (nSPS) is 19.4. The molecule has 1 aliphatic rings. The van der Waals surface area contributed by atoms with Crippen LogP contribution in [-0.4, -0.2) is 36.7 Å². The number of carboxylic acids is 1. The van der Waals surface area contributed by atoms with Crippen molar-refractivity contribution in [1.29, 1.82) is 0 Å². The van der Waals surface area contributed by atoms with E-state index < -0.39 is 17.8 Å². The van der Waals surface area contributed by atoms with Crippen LogP contribution in [0.15, 0.2) is 16.9 Å².